The second kappa shape index (κ2) is 6.10. The number of ether oxygens (including phenoxy) is 1. The number of hydrogen-bond donors (Lipinski definition) is 1. The molecule has 0 unspecified atom stereocenters. The van der Waals surface area contributed by atoms with Gasteiger partial charge in [-0.2, -0.15) is 24.7 Å². The Morgan fingerprint density at radius 3 is 2.90 bits per heavy atom. The molecule has 106 valence electrons. The van der Waals surface area contributed by atoms with E-state index < -0.39 is 0 Å². The van der Waals surface area contributed by atoms with E-state index in [-0.39, 0.29) is 5.28 Å². The van der Waals surface area contributed by atoms with E-state index in [9.17, 15) is 0 Å². The van der Waals surface area contributed by atoms with Crippen LogP contribution in [0.4, 0.5) is 5.95 Å². The minimum Gasteiger partial charge on any atom is -0.381 e. The van der Waals surface area contributed by atoms with Gasteiger partial charge in [0.05, 0.1) is 0 Å². The lowest BCUT2D eigenvalue weighted by Crippen LogP contribution is -2.23. The van der Waals surface area contributed by atoms with Crippen molar-refractivity contribution in [3.63, 3.8) is 0 Å². The van der Waals surface area contributed by atoms with Crippen molar-refractivity contribution in [2.45, 2.75) is 12.8 Å². The third-order valence-electron chi connectivity index (χ3n) is 3.11. The molecule has 0 atom stereocenters. The van der Waals surface area contributed by atoms with Crippen LogP contribution in [0.25, 0.3) is 5.95 Å². The van der Waals surface area contributed by atoms with E-state index in [0.29, 0.717) is 17.8 Å². The van der Waals surface area contributed by atoms with Gasteiger partial charge in [-0.15, -0.1) is 0 Å². The number of nitrogens with zero attached hydrogens (tertiary/aromatic N) is 6. The van der Waals surface area contributed by atoms with Crippen molar-refractivity contribution in [3.05, 3.63) is 17.9 Å². The van der Waals surface area contributed by atoms with Crippen molar-refractivity contribution in [2.75, 3.05) is 25.1 Å². The van der Waals surface area contributed by atoms with Crippen molar-refractivity contribution >= 4 is 17.5 Å². The molecule has 20 heavy (non-hydrogen) atoms. The number of anilines is 1. The molecule has 9 heteroatoms. The van der Waals surface area contributed by atoms with E-state index in [1.165, 1.54) is 17.3 Å². The van der Waals surface area contributed by atoms with Gasteiger partial charge in [0.25, 0.3) is 5.95 Å². The van der Waals surface area contributed by atoms with Gasteiger partial charge in [-0.25, -0.2) is 4.98 Å². The third kappa shape index (κ3) is 3.20. The number of rotatable bonds is 4. The van der Waals surface area contributed by atoms with E-state index in [1.54, 1.807) is 0 Å². The fourth-order valence-electron chi connectivity index (χ4n) is 2.02. The Bertz CT molecular complexity index is 556. The lowest BCUT2D eigenvalue weighted by molar-refractivity contribution is 0.0699. The second-order valence-electron chi connectivity index (χ2n) is 4.50. The van der Waals surface area contributed by atoms with Crippen molar-refractivity contribution in [3.8, 4) is 5.95 Å². The van der Waals surface area contributed by atoms with Crippen LogP contribution in [0.15, 0.2) is 12.7 Å². The van der Waals surface area contributed by atoms with E-state index in [1.807, 2.05) is 0 Å². The predicted octanol–water partition coefficient (Wildman–Crippen LogP) is 0.944. The van der Waals surface area contributed by atoms with E-state index >= 15 is 0 Å². The Morgan fingerprint density at radius 1 is 1.30 bits per heavy atom. The summed E-state index contributed by atoms with van der Waals surface area (Å²) in [5.41, 5.74) is 0. The van der Waals surface area contributed by atoms with E-state index in [4.69, 9.17) is 16.3 Å². The number of nitrogens with one attached hydrogen (secondary N) is 1. The monoisotopic (exact) mass is 295 g/mol. The molecule has 0 radical (unpaired) electrons. The van der Waals surface area contributed by atoms with Gasteiger partial charge in [-0.05, 0) is 30.4 Å². The maximum Gasteiger partial charge on any atom is 0.258 e. The molecule has 1 N–H and O–H groups in total. The molecule has 0 aromatic carbocycles. The molecule has 2 aromatic heterocycles. The number of halogens is 1. The highest BCUT2D eigenvalue weighted by Gasteiger charge is 2.14. The second-order valence-corrected chi connectivity index (χ2v) is 4.84. The summed E-state index contributed by atoms with van der Waals surface area (Å²) in [5, 5.41) is 7.29. The van der Waals surface area contributed by atoms with E-state index in [0.717, 1.165) is 32.6 Å². The van der Waals surface area contributed by atoms with Gasteiger partial charge < -0.3 is 10.1 Å². The first kappa shape index (κ1) is 13.2. The number of aromatic nitrogens is 6. The van der Waals surface area contributed by atoms with E-state index in [2.05, 4.69) is 30.4 Å². The van der Waals surface area contributed by atoms with Gasteiger partial charge in [-0.1, -0.05) is 0 Å². The summed E-state index contributed by atoms with van der Waals surface area (Å²) in [4.78, 5) is 16.2. The van der Waals surface area contributed by atoms with Crippen LogP contribution < -0.4 is 5.32 Å². The normalized spacial score (nSPS) is 16.2. The first-order valence-corrected chi connectivity index (χ1v) is 6.77. The minimum absolute atomic E-state index is 0.125. The minimum atomic E-state index is 0.125. The molecule has 8 nitrogen and oxygen atoms in total. The summed E-state index contributed by atoms with van der Waals surface area (Å²) in [6.45, 7) is 2.42. The fraction of sp³-hybridized carbons (Fsp3) is 0.545. The van der Waals surface area contributed by atoms with Crippen LogP contribution in [-0.4, -0.2) is 49.5 Å². The predicted molar refractivity (Wildman–Crippen MR) is 71.8 cm³/mol. The standard InChI is InChI=1S/C11H14ClN7O/c12-9-16-10(14-5-8-1-3-20-4-2-8)18-11(17-9)19-7-13-6-15-19/h6-8H,1-5H2,(H,14,16,17,18). The van der Waals surface area contributed by atoms with Crippen molar-refractivity contribution in [1.29, 1.82) is 0 Å². The molecule has 0 bridgehead atoms. The number of hydrogen-bond acceptors (Lipinski definition) is 7. The Morgan fingerprint density at radius 2 is 2.15 bits per heavy atom. The molecule has 3 heterocycles. The first-order chi connectivity index (χ1) is 9.81. The highest BCUT2D eigenvalue weighted by molar-refractivity contribution is 6.28. The van der Waals surface area contributed by atoms with Crippen LogP contribution in [0.5, 0.6) is 0 Å². The van der Waals surface area contributed by atoms with Crippen LogP contribution in [0.3, 0.4) is 0 Å². The lowest BCUT2D eigenvalue weighted by atomic mass is 10.0. The molecule has 1 fully saturated rings. The molecule has 3 rings (SSSR count). The molecule has 2 aromatic rings. The molecular formula is C11H14ClN7O. The summed E-state index contributed by atoms with van der Waals surface area (Å²) < 4.78 is 6.77. The van der Waals surface area contributed by atoms with Crippen molar-refractivity contribution in [2.24, 2.45) is 5.92 Å². The molecule has 0 amide bonds. The highest BCUT2D eigenvalue weighted by Crippen LogP contribution is 2.15. The van der Waals surface area contributed by atoms with Crippen molar-refractivity contribution in [1.82, 2.24) is 29.7 Å². The van der Waals surface area contributed by atoms with Gasteiger partial charge in [0, 0.05) is 19.8 Å². The molecule has 0 aliphatic carbocycles. The topological polar surface area (TPSA) is 90.6 Å². The maximum atomic E-state index is 5.90. The Hall–Kier alpha value is -1.80. The van der Waals surface area contributed by atoms with Crippen LogP contribution in [0.2, 0.25) is 5.28 Å². The lowest BCUT2D eigenvalue weighted by Gasteiger charge is -2.22. The average molecular weight is 296 g/mol. The van der Waals surface area contributed by atoms with Gasteiger partial charge in [0.1, 0.15) is 12.7 Å². The van der Waals surface area contributed by atoms with Crippen molar-refractivity contribution < 1.29 is 4.74 Å². The largest absolute Gasteiger partial charge is 0.381 e. The van der Waals surface area contributed by atoms with Crippen LogP contribution in [-0.2, 0) is 4.74 Å². The molecule has 0 spiro atoms. The first-order valence-electron chi connectivity index (χ1n) is 6.39. The zero-order valence-corrected chi connectivity index (χ0v) is 11.5. The quantitative estimate of drug-likeness (QED) is 0.897. The Balaban J connectivity index is 1.69. The Labute approximate surface area is 120 Å². The summed E-state index contributed by atoms with van der Waals surface area (Å²) in [7, 11) is 0. The molecular weight excluding hydrogens is 282 g/mol. The Kier molecular flexibility index (Phi) is 4.03. The highest BCUT2D eigenvalue weighted by atomic mass is 35.5. The molecule has 0 saturated carbocycles. The fourth-order valence-corrected chi connectivity index (χ4v) is 2.17. The molecule has 1 aliphatic rings. The average Bonchev–Trinajstić information content (AvgIpc) is 3.00. The van der Waals surface area contributed by atoms with Crippen LogP contribution in [0, 0.1) is 5.92 Å². The van der Waals surface area contributed by atoms with Gasteiger partial charge in [0.15, 0.2) is 0 Å². The maximum absolute atomic E-state index is 5.90. The van der Waals surface area contributed by atoms with Gasteiger partial charge in [0.2, 0.25) is 11.2 Å². The smallest absolute Gasteiger partial charge is 0.258 e. The zero-order chi connectivity index (χ0) is 13.8. The SMILES string of the molecule is Clc1nc(NCC2CCOCC2)nc(-n2cncn2)n1. The van der Waals surface area contributed by atoms with Gasteiger partial charge >= 0.3 is 0 Å². The summed E-state index contributed by atoms with van der Waals surface area (Å²) >= 11 is 5.90. The van der Waals surface area contributed by atoms with Crippen LogP contribution >= 0.6 is 11.6 Å². The summed E-state index contributed by atoms with van der Waals surface area (Å²) in [6, 6.07) is 0. The molecule has 1 saturated heterocycles. The van der Waals surface area contributed by atoms with Gasteiger partial charge in [-0.3, -0.25) is 0 Å². The van der Waals surface area contributed by atoms with Crippen LogP contribution in [0.1, 0.15) is 12.8 Å². The summed E-state index contributed by atoms with van der Waals surface area (Å²) in [5.74, 6) is 1.35. The summed E-state index contributed by atoms with van der Waals surface area (Å²) in [6.07, 6.45) is 5.00. The zero-order valence-electron chi connectivity index (χ0n) is 10.7. The molecule has 1 aliphatic heterocycles. The third-order valence-corrected chi connectivity index (χ3v) is 3.28.